The van der Waals surface area contributed by atoms with Gasteiger partial charge < -0.3 is 5.32 Å². The molecule has 32 heavy (non-hydrogen) atoms. The van der Waals surface area contributed by atoms with Gasteiger partial charge in [0, 0.05) is 15.9 Å². The van der Waals surface area contributed by atoms with Gasteiger partial charge in [0.2, 0.25) is 5.91 Å². The molecule has 2 heterocycles. The largest absolute Gasteiger partial charge is 0.353 e. The summed E-state index contributed by atoms with van der Waals surface area (Å²) in [6.45, 7) is 2.26. The molecule has 2 aliphatic carbocycles. The van der Waals surface area contributed by atoms with Crippen LogP contribution in [0.25, 0.3) is 15.9 Å². The molecule has 1 amide bonds. The summed E-state index contributed by atoms with van der Waals surface area (Å²) in [4.78, 5) is 33.3. The van der Waals surface area contributed by atoms with E-state index in [1.54, 1.807) is 28.0 Å². The van der Waals surface area contributed by atoms with E-state index in [1.165, 1.54) is 35.0 Å². The number of hydrogen-bond acceptors (Lipinski definition) is 5. The molecule has 0 radical (unpaired) electrons. The minimum atomic E-state index is -0.0527. The number of thioether (sulfide) groups is 1. The van der Waals surface area contributed by atoms with Gasteiger partial charge in [-0.1, -0.05) is 43.1 Å². The SMILES string of the molecule is CC1CCc2c(sc3nc(SCC(=O)NC4CCCC4)n(-c4ccc(Cl)cc4)c(=O)c23)C1. The molecule has 0 saturated heterocycles. The minimum absolute atomic E-state index is 0.00167. The molecular weight excluding hydrogens is 462 g/mol. The third-order valence-electron chi connectivity index (χ3n) is 6.44. The van der Waals surface area contributed by atoms with Crippen LogP contribution in [0.5, 0.6) is 0 Å². The Morgan fingerprint density at radius 3 is 2.75 bits per heavy atom. The van der Waals surface area contributed by atoms with E-state index in [2.05, 4.69) is 12.2 Å². The maximum absolute atomic E-state index is 13.8. The van der Waals surface area contributed by atoms with Crippen LogP contribution < -0.4 is 10.9 Å². The van der Waals surface area contributed by atoms with Crippen molar-refractivity contribution in [3.8, 4) is 5.69 Å². The normalized spacial score (nSPS) is 18.8. The molecule has 1 atom stereocenters. The Kier molecular flexibility index (Phi) is 6.32. The molecule has 168 valence electrons. The first-order valence-corrected chi connectivity index (χ1v) is 13.4. The summed E-state index contributed by atoms with van der Waals surface area (Å²) in [5.41, 5.74) is 1.83. The fourth-order valence-corrected chi connectivity index (χ4v) is 7.13. The van der Waals surface area contributed by atoms with E-state index in [-0.39, 0.29) is 23.3 Å². The van der Waals surface area contributed by atoms with Crippen molar-refractivity contribution >= 4 is 50.8 Å². The van der Waals surface area contributed by atoms with Crippen molar-refractivity contribution in [1.82, 2.24) is 14.9 Å². The number of rotatable bonds is 5. The van der Waals surface area contributed by atoms with Gasteiger partial charge >= 0.3 is 0 Å². The zero-order valence-electron chi connectivity index (χ0n) is 18.0. The standard InChI is InChI=1S/C24H26ClN3O2S2/c1-14-6-11-18-19(12-14)32-22-21(18)23(30)28(17-9-7-15(25)8-10-17)24(27-22)31-13-20(29)26-16-4-2-3-5-16/h7-10,14,16H,2-6,11-13H2,1H3,(H,26,29). The molecule has 0 aliphatic heterocycles. The lowest BCUT2D eigenvalue weighted by molar-refractivity contribution is -0.119. The monoisotopic (exact) mass is 487 g/mol. The zero-order valence-corrected chi connectivity index (χ0v) is 20.4. The lowest BCUT2D eigenvalue weighted by atomic mass is 9.89. The highest BCUT2D eigenvalue weighted by Crippen LogP contribution is 2.37. The highest BCUT2D eigenvalue weighted by atomic mass is 35.5. The zero-order chi connectivity index (χ0) is 22.2. The number of carbonyl (C=O) groups excluding carboxylic acids is 1. The number of amides is 1. The van der Waals surface area contributed by atoms with Gasteiger partial charge in [-0.15, -0.1) is 11.3 Å². The number of nitrogens with zero attached hydrogens (tertiary/aromatic N) is 2. The summed E-state index contributed by atoms with van der Waals surface area (Å²) >= 11 is 9.05. The Balaban J connectivity index is 1.54. The summed E-state index contributed by atoms with van der Waals surface area (Å²) in [7, 11) is 0. The highest BCUT2D eigenvalue weighted by molar-refractivity contribution is 7.99. The first-order valence-electron chi connectivity index (χ1n) is 11.2. The molecular formula is C24H26ClN3O2S2. The molecule has 1 aromatic carbocycles. The van der Waals surface area contributed by atoms with Gasteiger partial charge in [0.1, 0.15) is 4.83 Å². The van der Waals surface area contributed by atoms with Crippen LogP contribution in [-0.2, 0) is 17.6 Å². The first kappa shape index (κ1) is 22.0. The summed E-state index contributed by atoms with van der Waals surface area (Å²) < 4.78 is 1.65. The van der Waals surface area contributed by atoms with Crippen molar-refractivity contribution in [2.45, 2.75) is 63.1 Å². The fraction of sp³-hybridized carbons (Fsp3) is 0.458. The van der Waals surface area contributed by atoms with Gasteiger partial charge in [-0.2, -0.15) is 0 Å². The number of thiophene rings is 1. The van der Waals surface area contributed by atoms with E-state index in [9.17, 15) is 9.59 Å². The molecule has 5 nitrogen and oxygen atoms in total. The van der Waals surface area contributed by atoms with Crippen LogP contribution in [0.3, 0.4) is 0 Å². The fourth-order valence-electron chi connectivity index (χ4n) is 4.76. The molecule has 1 N–H and O–H groups in total. The number of halogens is 1. The van der Waals surface area contributed by atoms with Crippen LogP contribution in [0, 0.1) is 5.92 Å². The highest BCUT2D eigenvalue weighted by Gasteiger charge is 2.25. The molecule has 1 unspecified atom stereocenters. The van der Waals surface area contributed by atoms with Gasteiger partial charge in [0.15, 0.2) is 5.16 Å². The number of aromatic nitrogens is 2. The van der Waals surface area contributed by atoms with Crippen molar-refractivity contribution < 1.29 is 4.79 Å². The third-order valence-corrected chi connectivity index (χ3v) is 8.77. The number of hydrogen-bond donors (Lipinski definition) is 1. The van der Waals surface area contributed by atoms with Crippen LogP contribution in [0.2, 0.25) is 5.02 Å². The van der Waals surface area contributed by atoms with Crippen LogP contribution >= 0.6 is 34.7 Å². The van der Waals surface area contributed by atoms with E-state index in [1.807, 2.05) is 12.1 Å². The first-order chi connectivity index (χ1) is 15.5. The Hall–Kier alpha value is -1.83. The Morgan fingerprint density at radius 2 is 2.00 bits per heavy atom. The van der Waals surface area contributed by atoms with Crippen LogP contribution in [0.4, 0.5) is 0 Å². The summed E-state index contributed by atoms with van der Waals surface area (Å²) in [5.74, 6) is 0.866. The second-order valence-corrected chi connectivity index (χ2v) is 11.3. The molecule has 8 heteroatoms. The molecule has 2 aromatic heterocycles. The van der Waals surface area contributed by atoms with Gasteiger partial charge in [-0.05, 0) is 67.9 Å². The average molecular weight is 488 g/mol. The van der Waals surface area contributed by atoms with Crippen LogP contribution in [0.15, 0.2) is 34.2 Å². The van der Waals surface area contributed by atoms with Crippen molar-refractivity contribution in [3.63, 3.8) is 0 Å². The van der Waals surface area contributed by atoms with E-state index in [0.717, 1.165) is 48.0 Å². The number of nitrogens with one attached hydrogen (secondary N) is 1. The van der Waals surface area contributed by atoms with Crippen LogP contribution in [0.1, 0.15) is 49.5 Å². The lowest BCUT2D eigenvalue weighted by Crippen LogP contribution is -2.34. The Labute approximate surface area is 200 Å². The van der Waals surface area contributed by atoms with E-state index >= 15 is 0 Å². The lowest BCUT2D eigenvalue weighted by Gasteiger charge is -2.18. The second-order valence-electron chi connectivity index (χ2n) is 8.88. The predicted molar refractivity (Wildman–Crippen MR) is 133 cm³/mol. The third kappa shape index (κ3) is 4.35. The number of aryl methyl sites for hydroxylation is 1. The Bertz CT molecular complexity index is 1210. The quantitative estimate of drug-likeness (QED) is 0.388. The maximum atomic E-state index is 13.8. The topological polar surface area (TPSA) is 64.0 Å². The molecule has 5 rings (SSSR count). The number of carbonyl (C=O) groups is 1. The molecule has 0 spiro atoms. The van der Waals surface area contributed by atoms with Crippen LogP contribution in [-0.4, -0.2) is 27.3 Å². The van der Waals surface area contributed by atoms with Gasteiger partial charge in [0.25, 0.3) is 5.56 Å². The van der Waals surface area contributed by atoms with Gasteiger partial charge in [0.05, 0.1) is 16.8 Å². The average Bonchev–Trinajstić information content (AvgIpc) is 3.40. The van der Waals surface area contributed by atoms with Crippen molar-refractivity contribution in [2.75, 3.05) is 5.75 Å². The molecule has 2 aliphatic rings. The number of fused-ring (bicyclic) bond motifs is 3. The van der Waals surface area contributed by atoms with Gasteiger partial charge in [-0.3, -0.25) is 14.2 Å². The van der Waals surface area contributed by atoms with Crippen molar-refractivity contribution in [1.29, 1.82) is 0 Å². The molecule has 0 bridgehead atoms. The van der Waals surface area contributed by atoms with E-state index in [4.69, 9.17) is 16.6 Å². The molecule has 3 aromatic rings. The minimum Gasteiger partial charge on any atom is -0.353 e. The Morgan fingerprint density at radius 1 is 1.25 bits per heavy atom. The smallest absolute Gasteiger partial charge is 0.267 e. The van der Waals surface area contributed by atoms with Crippen molar-refractivity contribution in [2.24, 2.45) is 5.92 Å². The number of benzene rings is 1. The van der Waals surface area contributed by atoms with E-state index in [0.29, 0.717) is 16.1 Å². The summed E-state index contributed by atoms with van der Waals surface area (Å²) in [5, 5.41) is 5.03. The molecule has 1 fully saturated rings. The van der Waals surface area contributed by atoms with Gasteiger partial charge in [-0.25, -0.2) is 4.98 Å². The predicted octanol–water partition coefficient (Wildman–Crippen LogP) is 5.38. The van der Waals surface area contributed by atoms with Crippen molar-refractivity contribution in [3.05, 3.63) is 50.1 Å². The maximum Gasteiger partial charge on any atom is 0.267 e. The van der Waals surface area contributed by atoms with E-state index < -0.39 is 0 Å². The summed E-state index contributed by atoms with van der Waals surface area (Å²) in [6, 6.07) is 7.50. The molecule has 1 saturated carbocycles. The summed E-state index contributed by atoms with van der Waals surface area (Å²) in [6.07, 6.45) is 7.47. The second kappa shape index (κ2) is 9.20.